The normalized spacial score (nSPS) is 21.5. The maximum atomic E-state index is 11.9. The molecule has 1 unspecified atom stereocenters. The Morgan fingerprint density at radius 1 is 1.31 bits per heavy atom. The fraction of sp³-hybridized carbons (Fsp3) is 0.409. The van der Waals surface area contributed by atoms with Crippen molar-refractivity contribution in [3.05, 3.63) is 53.3 Å². The minimum atomic E-state index is -4.27. The van der Waals surface area contributed by atoms with Crippen LogP contribution in [0.2, 0.25) is 0 Å². The topological polar surface area (TPSA) is 184 Å². The van der Waals surface area contributed by atoms with E-state index < -0.39 is 22.1 Å². The molecule has 2 amide bonds. The number of primary amides is 1. The van der Waals surface area contributed by atoms with E-state index in [1.165, 1.54) is 28.8 Å². The van der Waals surface area contributed by atoms with Crippen LogP contribution in [-0.2, 0) is 24.5 Å². The lowest BCUT2D eigenvalue weighted by atomic mass is 10.0. The SMILES string of the molecule is CC[N+](C)(C/C=C/C1=C(C(=O)O)N2C(=O)[C@@H](N)[C@H]2SC1)CC(N)=O.Cc1ccc(S(=O)(=O)[O-])cc1. The summed E-state index contributed by atoms with van der Waals surface area (Å²) < 4.78 is 31.6. The number of nitrogens with zero attached hydrogens (tertiary/aromatic N) is 2. The number of carbonyl (C=O) groups is 3. The van der Waals surface area contributed by atoms with Crippen LogP contribution in [0.1, 0.15) is 12.5 Å². The number of aliphatic carboxylic acids is 1. The molecule has 3 atom stereocenters. The Bertz CT molecular complexity index is 1150. The minimum Gasteiger partial charge on any atom is -0.744 e. The number of hydrogen-bond acceptors (Lipinski definition) is 8. The van der Waals surface area contributed by atoms with Crippen LogP contribution in [0.15, 0.2) is 52.6 Å². The van der Waals surface area contributed by atoms with Gasteiger partial charge >= 0.3 is 5.97 Å². The minimum absolute atomic E-state index is 0.00213. The Labute approximate surface area is 208 Å². The van der Waals surface area contributed by atoms with Gasteiger partial charge in [0.25, 0.3) is 5.91 Å². The molecule has 1 aromatic carbocycles. The molecule has 1 saturated heterocycles. The number of benzene rings is 1. The van der Waals surface area contributed by atoms with Gasteiger partial charge in [0.15, 0.2) is 6.54 Å². The Morgan fingerprint density at radius 2 is 1.91 bits per heavy atom. The first kappa shape index (κ1) is 28.5. The summed E-state index contributed by atoms with van der Waals surface area (Å²) in [4.78, 5) is 35.7. The second kappa shape index (κ2) is 11.4. The summed E-state index contributed by atoms with van der Waals surface area (Å²) >= 11 is 1.46. The van der Waals surface area contributed by atoms with Crippen LogP contribution in [0, 0.1) is 6.92 Å². The molecule has 0 saturated carbocycles. The highest BCUT2D eigenvalue weighted by Crippen LogP contribution is 2.39. The van der Waals surface area contributed by atoms with Crippen LogP contribution in [0.4, 0.5) is 0 Å². The molecule has 13 heteroatoms. The molecule has 0 aliphatic carbocycles. The molecule has 0 spiro atoms. The van der Waals surface area contributed by atoms with Crippen molar-refractivity contribution in [2.24, 2.45) is 11.5 Å². The lowest BCUT2D eigenvalue weighted by molar-refractivity contribution is -0.894. The molecule has 192 valence electrons. The van der Waals surface area contributed by atoms with Crippen LogP contribution in [0.25, 0.3) is 0 Å². The summed E-state index contributed by atoms with van der Waals surface area (Å²) in [5.41, 5.74) is 12.5. The van der Waals surface area contributed by atoms with Crippen LogP contribution in [0.3, 0.4) is 0 Å². The zero-order valence-corrected chi connectivity index (χ0v) is 21.3. The van der Waals surface area contributed by atoms with Gasteiger partial charge in [-0.2, -0.15) is 0 Å². The van der Waals surface area contributed by atoms with Crippen molar-refractivity contribution < 1.29 is 36.9 Å². The number of aryl methyl sites for hydroxylation is 1. The van der Waals surface area contributed by atoms with Gasteiger partial charge in [-0.3, -0.25) is 14.5 Å². The van der Waals surface area contributed by atoms with E-state index in [1.54, 1.807) is 18.2 Å². The number of rotatable bonds is 8. The molecular weight excluding hydrogens is 496 g/mol. The van der Waals surface area contributed by atoms with Crippen molar-refractivity contribution in [3.8, 4) is 0 Å². The van der Waals surface area contributed by atoms with Gasteiger partial charge in [0.05, 0.1) is 25.0 Å². The lowest BCUT2D eigenvalue weighted by Crippen LogP contribution is -2.68. The number of likely N-dealkylation sites (N-methyl/N-ethyl adjacent to an activating group) is 1. The first-order valence-corrected chi connectivity index (χ1v) is 13.1. The molecule has 3 rings (SSSR count). The fourth-order valence-electron chi connectivity index (χ4n) is 3.50. The highest BCUT2D eigenvalue weighted by atomic mass is 32.2. The highest BCUT2D eigenvalue weighted by molar-refractivity contribution is 8.00. The highest BCUT2D eigenvalue weighted by Gasteiger charge is 2.51. The number of carbonyl (C=O) groups excluding carboxylic acids is 2. The van der Waals surface area contributed by atoms with E-state index >= 15 is 0 Å². The molecule has 0 radical (unpaired) electrons. The third kappa shape index (κ3) is 7.15. The molecule has 2 aliphatic rings. The number of nitrogens with two attached hydrogens (primary N) is 2. The molecule has 2 heterocycles. The number of carboxylic acid groups (broad SMARTS) is 1. The summed E-state index contributed by atoms with van der Waals surface area (Å²) in [5, 5.41) is 9.16. The maximum Gasteiger partial charge on any atom is 0.352 e. The monoisotopic (exact) mass is 526 g/mol. The summed E-state index contributed by atoms with van der Waals surface area (Å²) in [5.74, 6) is -1.40. The first-order valence-electron chi connectivity index (χ1n) is 10.7. The van der Waals surface area contributed by atoms with Gasteiger partial charge in [0.2, 0.25) is 5.91 Å². The van der Waals surface area contributed by atoms with Gasteiger partial charge in [-0.1, -0.05) is 23.8 Å². The van der Waals surface area contributed by atoms with Gasteiger partial charge in [0, 0.05) is 5.75 Å². The number of hydrogen-bond donors (Lipinski definition) is 3. The van der Waals surface area contributed by atoms with Crippen molar-refractivity contribution in [1.82, 2.24) is 4.90 Å². The average molecular weight is 527 g/mol. The Hall–Kier alpha value is -2.71. The molecule has 11 nitrogen and oxygen atoms in total. The van der Waals surface area contributed by atoms with Gasteiger partial charge in [-0.15, -0.1) is 11.8 Å². The molecule has 5 N–H and O–H groups in total. The van der Waals surface area contributed by atoms with E-state index in [2.05, 4.69) is 0 Å². The predicted octanol–water partition coefficient (Wildman–Crippen LogP) is -0.0254. The van der Waals surface area contributed by atoms with E-state index in [4.69, 9.17) is 11.5 Å². The Morgan fingerprint density at radius 3 is 2.40 bits per heavy atom. The van der Waals surface area contributed by atoms with Gasteiger partial charge in [0.1, 0.15) is 27.2 Å². The van der Waals surface area contributed by atoms with Crippen molar-refractivity contribution in [1.29, 1.82) is 0 Å². The Kier molecular flexibility index (Phi) is 9.25. The second-order valence-corrected chi connectivity index (χ2v) is 11.0. The van der Waals surface area contributed by atoms with E-state index in [1.807, 2.05) is 27.0 Å². The van der Waals surface area contributed by atoms with E-state index in [0.29, 0.717) is 28.9 Å². The standard InChI is InChI=1S/C15H22N4O4S.C7H8O3S/c1-3-19(2,7-10(16)20)6-4-5-9-8-24-14-11(17)13(21)18(14)12(9)15(22)23;1-6-2-4-7(5-3-6)11(8,9)10/h4-5,11,14H,3,6-8,17H2,1-2H3,(H2-,16,20,22,23);2-5H,1H3,(H,8,9,10)/b5-4+;/t11-,14-,19?;/m1./s1. The quantitative estimate of drug-likeness (QED) is 0.238. The molecule has 2 aliphatic heterocycles. The zero-order chi connectivity index (χ0) is 26.6. The molecule has 1 fully saturated rings. The number of allylic oxidation sites excluding steroid dienone is 1. The van der Waals surface area contributed by atoms with Gasteiger partial charge in [-0.05, 0) is 37.6 Å². The largest absolute Gasteiger partial charge is 0.744 e. The number of amides is 2. The second-order valence-electron chi connectivity index (χ2n) is 8.53. The smallest absolute Gasteiger partial charge is 0.352 e. The van der Waals surface area contributed by atoms with Crippen LogP contribution in [-0.4, -0.2) is 89.1 Å². The summed E-state index contributed by atoms with van der Waals surface area (Å²) in [6, 6.07) is 5.15. The first-order chi connectivity index (χ1) is 16.2. The maximum absolute atomic E-state index is 11.9. The number of thioether (sulfide) groups is 1. The van der Waals surface area contributed by atoms with E-state index in [0.717, 1.165) is 5.56 Å². The third-order valence-electron chi connectivity index (χ3n) is 5.72. The number of carboxylic acids is 1. The summed E-state index contributed by atoms with van der Waals surface area (Å²) in [7, 11) is -2.36. The van der Waals surface area contributed by atoms with Crippen molar-refractivity contribution in [3.63, 3.8) is 0 Å². The fourth-order valence-corrected chi connectivity index (χ4v) is 5.24. The number of quaternary nitrogens is 1. The van der Waals surface area contributed by atoms with Crippen LogP contribution >= 0.6 is 11.8 Å². The molecule has 35 heavy (non-hydrogen) atoms. The molecule has 0 bridgehead atoms. The predicted molar refractivity (Wildman–Crippen MR) is 130 cm³/mol. The van der Waals surface area contributed by atoms with Crippen molar-refractivity contribution in [2.45, 2.75) is 30.2 Å². The Balaban J connectivity index is 0.000000328. The summed E-state index contributed by atoms with van der Waals surface area (Å²) in [6.45, 7) is 5.24. The number of β-lactam (4-membered cyclic amide) rings is 1. The third-order valence-corrected chi connectivity index (χ3v) is 7.89. The number of fused-ring (bicyclic) bond motifs is 1. The summed E-state index contributed by atoms with van der Waals surface area (Å²) in [6.07, 6.45) is 3.55. The zero-order valence-electron chi connectivity index (χ0n) is 19.7. The van der Waals surface area contributed by atoms with Gasteiger partial charge < -0.3 is 25.6 Å². The van der Waals surface area contributed by atoms with E-state index in [9.17, 15) is 32.5 Å². The van der Waals surface area contributed by atoms with E-state index in [-0.39, 0.29) is 34.3 Å². The molecule has 1 aromatic rings. The average Bonchev–Trinajstić information content (AvgIpc) is 2.77. The van der Waals surface area contributed by atoms with Crippen molar-refractivity contribution >= 4 is 39.7 Å². The van der Waals surface area contributed by atoms with Crippen LogP contribution < -0.4 is 11.5 Å². The van der Waals surface area contributed by atoms with Gasteiger partial charge in [-0.25, -0.2) is 13.2 Å². The lowest BCUT2D eigenvalue weighted by Gasteiger charge is -2.47. The molecule has 0 aromatic heterocycles. The molecular formula is C22H30N4O7S2. The van der Waals surface area contributed by atoms with Crippen molar-refractivity contribution in [2.75, 3.05) is 32.4 Å². The van der Waals surface area contributed by atoms with Crippen LogP contribution in [0.5, 0.6) is 0 Å².